The molecule has 33 heavy (non-hydrogen) atoms. The second kappa shape index (κ2) is 8.70. The van der Waals surface area contributed by atoms with Crippen LogP contribution in [0.1, 0.15) is 64.3 Å². The molecule has 0 aliphatic carbocycles. The van der Waals surface area contributed by atoms with Crippen molar-refractivity contribution >= 4 is 35.4 Å². The molecule has 2 aromatic rings. The highest BCUT2D eigenvalue weighted by atomic mass is 32.2. The number of hydrogen-bond donors (Lipinski definition) is 3. The minimum Gasteiger partial charge on any atom is -0.444 e. The van der Waals surface area contributed by atoms with Gasteiger partial charge in [-0.05, 0) is 59.8 Å². The van der Waals surface area contributed by atoms with Crippen molar-refractivity contribution in [2.75, 3.05) is 16.4 Å². The summed E-state index contributed by atoms with van der Waals surface area (Å²) in [4.78, 5) is 25.6. The average Bonchev–Trinajstić information content (AvgIpc) is 3.35. The second-order valence-corrected chi connectivity index (χ2v) is 11.4. The molecular formula is C23H33N7O2S. The fraction of sp³-hybridized carbons (Fsp3) is 0.652. The van der Waals surface area contributed by atoms with E-state index in [1.54, 1.807) is 11.8 Å². The molecule has 2 aromatic heterocycles. The minimum absolute atomic E-state index is 0.178. The zero-order chi connectivity index (χ0) is 23.2. The summed E-state index contributed by atoms with van der Waals surface area (Å²) in [5.41, 5.74) is 1.60. The zero-order valence-corrected chi connectivity index (χ0v) is 20.6. The third kappa shape index (κ3) is 4.90. The normalized spacial score (nSPS) is 24.4. The number of aromatic amines is 1. The number of anilines is 3. The van der Waals surface area contributed by atoms with E-state index in [-0.39, 0.29) is 24.2 Å². The van der Waals surface area contributed by atoms with Gasteiger partial charge in [0.2, 0.25) is 5.95 Å². The van der Waals surface area contributed by atoms with Crippen molar-refractivity contribution in [3.8, 4) is 0 Å². The smallest absolute Gasteiger partial charge is 0.410 e. The summed E-state index contributed by atoms with van der Waals surface area (Å²) in [6.45, 7) is 7.75. The average molecular weight is 472 g/mol. The van der Waals surface area contributed by atoms with Crippen LogP contribution in [0.15, 0.2) is 11.0 Å². The van der Waals surface area contributed by atoms with Crippen molar-refractivity contribution in [2.24, 2.45) is 0 Å². The third-order valence-corrected chi connectivity index (χ3v) is 7.51. The number of carbonyl (C=O) groups excluding carboxylic acids is 1. The van der Waals surface area contributed by atoms with Crippen molar-refractivity contribution in [3.63, 3.8) is 0 Å². The van der Waals surface area contributed by atoms with Crippen LogP contribution in [0, 0.1) is 6.92 Å². The minimum atomic E-state index is -0.479. The number of H-pyrrole nitrogens is 1. The number of nitrogens with one attached hydrogen (secondary N) is 3. The van der Waals surface area contributed by atoms with Crippen molar-refractivity contribution in [1.82, 2.24) is 25.1 Å². The van der Waals surface area contributed by atoms with E-state index in [0.717, 1.165) is 72.2 Å². The van der Waals surface area contributed by atoms with Crippen molar-refractivity contribution in [3.05, 3.63) is 17.5 Å². The number of hydrogen-bond acceptors (Lipinski definition) is 8. The van der Waals surface area contributed by atoms with Gasteiger partial charge >= 0.3 is 6.09 Å². The largest absolute Gasteiger partial charge is 0.444 e. The maximum Gasteiger partial charge on any atom is 0.410 e. The molecule has 5 heterocycles. The molecule has 3 N–H and O–H groups in total. The lowest BCUT2D eigenvalue weighted by molar-refractivity contribution is -0.0199. The van der Waals surface area contributed by atoms with E-state index in [9.17, 15) is 4.79 Å². The number of fused-ring (bicyclic) bond motifs is 3. The fourth-order valence-corrected chi connectivity index (χ4v) is 6.16. The summed E-state index contributed by atoms with van der Waals surface area (Å²) in [5.74, 6) is 3.23. The highest BCUT2D eigenvalue weighted by Crippen LogP contribution is 2.39. The monoisotopic (exact) mass is 471 g/mol. The first-order valence-electron chi connectivity index (χ1n) is 11.9. The zero-order valence-electron chi connectivity index (χ0n) is 19.8. The molecule has 3 atom stereocenters. The van der Waals surface area contributed by atoms with Gasteiger partial charge < -0.3 is 20.3 Å². The Morgan fingerprint density at radius 2 is 2.00 bits per heavy atom. The van der Waals surface area contributed by atoms with E-state index in [2.05, 4.69) is 20.8 Å². The molecule has 0 unspecified atom stereocenters. The maximum atomic E-state index is 12.9. The Morgan fingerprint density at radius 3 is 2.67 bits per heavy atom. The first kappa shape index (κ1) is 22.3. The number of rotatable bonds is 4. The predicted molar refractivity (Wildman–Crippen MR) is 129 cm³/mol. The molecule has 1 amide bonds. The van der Waals surface area contributed by atoms with Gasteiger partial charge in [-0.3, -0.25) is 5.10 Å². The van der Waals surface area contributed by atoms with Gasteiger partial charge in [0.25, 0.3) is 0 Å². The molecule has 3 aliphatic rings. The molecule has 10 heteroatoms. The lowest BCUT2D eigenvalue weighted by atomic mass is 9.82. The topological polar surface area (TPSA) is 108 Å². The fourth-order valence-electron chi connectivity index (χ4n) is 5.11. The number of nitrogens with zero attached hydrogens (tertiary/aromatic N) is 4. The summed E-state index contributed by atoms with van der Waals surface area (Å²) in [6, 6.07) is 2.58. The molecular weight excluding hydrogens is 438 g/mol. The molecule has 5 rings (SSSR count). The second-order valence-electron chi connectivity index (χ2n) is 10.3. The molecule has 0 saturated carbocycles. The van der Waals surface area contributed by atoms with Gasteiger partial charge in [-0.25, -0.2) is 9.78 Å². The van der Waals surface area contributed by atoms with Gasteiger partial charge in [0.05, 0.1) is 10.6 Å². The molecule has 178 valence electrons. The molecule has 2 fully saturated rings. The van der Waals surface area contributed by atoms with Gasteiger partial charge in [-0.1, -0.05) is 0 Å². The van der Waals surface area contributed by atoms with Crippen LogP contribution in [0.2, 0.25) is 0 Å². The number of piperidine rings is 2. The van der Waals surface area contributed by atoms with Crippen LogP contribution in [-0.2, 0) is 11.2 Å². The van der Waals surface area contributed by atoms with Crippen LogP contribution < -0.4 is 10.6 Å². The molecule has 0 aromatic carbocycles. The number of carbonyl (C=O) groups is 1. The van der Waals surface area contributed by atoms with Gasteiger partial charge in [0, 0.05) is 42.1 Å². The molecule has 2 saturated heterocycles. The highest BCUT2D eigenvalue weighted by Gasteiger charge is 2.42. The van der Waals surface area contributed by atoms with Crippen LogP contribution in [0.4, 0.5) is 22.4 Å². The Labute approximate surface area is 198 Å². The van der Waals surface area contributed by atoms with E-state index >= 15 is 0 Å². The standard InChI is InChI=1S/C23H33N7O2S/c1-13-10-18(29-28-13)26-20-19-17(8-9-33-19)25-21(27-20)24-14-11-15-6-5-7-16(12-14)30(15)22(31)32-23(2,3)4/h10,14-16H,5-9,11-12H2,1-4H3,(H3,24,25,26,27,28,29)/t14-,15-,16+. The van der Waals surface area contributed by atoms with Crippen molar-refractivity contribution in [1.29, 1.82) is 0 Å². The van der Waals surface area contributed by atoms with E-state index in [0.29, 0.717) is 5.95 Å². The van der Waals surface area contributed by atoms with E-state index in [4.69, 9.17) is 14.7 Å². The quantitative estimate of drug-likeness (QED) is 0.592. The summed E-state index contributed by atoms with van der Waals surface area (Å²) in [7, 11) is 0. The van der Waals surface area contributed by atoms with Crippen molar-refractivity contribution in [2.45, 2.75) is 94.8 Å². The van der Waals surface area contributed by atoms with E-state index in [1.165, 1.54) is 0 Å². The number of aromatic nitrogens is 4. The molecule has 9 nitrogen and oxygen atoms in total. The van der Waals surface area contributed by atoms with Crippen LogP contribution >= 0.6 is 11.8 Å². The number of thioether (sulfide) groups is 1. The molecule has 2 bridgehead atoms. The van der Waals surface area contributed by atoms with E-state index in [1.807, 2.05) is 38.7 Å². The van der Waals surface area contributed by atoms with Crippen LogP contribution in [0.25, 0.3) is 0 Å². The summed E-state index contributed by atoms with van der Waals surface area (Å²) >= 11 is 1.79. The number of ether oxygens (including phenoxy) is 1. The predicted octanol–water partition coefficient (Wildman–Crippen LogP) is 4.63. The lowest BCUT2D eigenvalue weighted by Gasteiger charge is -2.48. The van der Waals surface area contributed by atoms with Crippen LogP contribution in [-0.4, -0.2) is 60.6 Å². The maximum absolute atomic E-state index is 12.9. The SMILES string of the molecule is Cc1cc(Nc2nc(N[C@@H]3C[C@H]4CCC[C@@H](C3)N4C(=O)OC(C)(C)C)nc3c2SCC3)n[nH]1. The number of aryl methyl sites for hydroxylation is 2. The Hall–Kier alpha value is -2.49. The highest BCUT2D eigenvalue weighted by molar-refractivity contribution is 7.99. The third-order valence-electron chi connectivity index (χ3n) is 6.39. The first-order chi connectivity index (χ1) is 15.7. The lowest BCUT2D eigenvalue weighted by Crippen LogP contribution is -2.58. The van der Waals surface area contributed by atoms with E-state index < -0.39 is 5.60 Å². The Morgan fingerprint density at radius 1 is 1.24 bits per heavy atom. The molecule has 0 spiro atoms. The van der Waals surface area contributed by atoms with Gasteiger partial charge in [0.15, 0.2) is 11.6 Å². The van der Waals surface area contributed by atoms with Crippen molar-refractivity contribution < 1.29 is 9.53 Å². The molecule has 3 aliphatic heterocycles. The Bertz CT molecular complexity index is 1020. The molecule has 0 radical (unpaired) electrons. The van der Waals surface area contributed by atoms with Crippen LogP contribution in [0.3, 0.4) is 0 Å². The van der Waals surface area contributed by atoms with Gasteiger partial charge in [0.1, 0.15) is 5.60 Å². The Balaban J connectivity index is 1.32. The van der Waals surface area contributed by atoms with Gasteiger partial charge in [-0.2, -0.15) is 10.1 Å². The summed E-state index contributed by atoms with van der Waals surface area (Å²) < 4.78 is 5.71. The Kier molecular flexibility index (Phi) is 5.88. The summed E-state index contributed by atoms with van der Waals surface area (Å²) in [6.07, 6.45) is 5.71. The van der Waals surface area contributed by atoms with Crippen LogP contribution in [0.5, 0.6) is 0 Å². The summed E-state index contributed by atoms with van der Waals surface area (Å²) in [5, 5.41) is 14.2. The van der Waals surface area contributed by atoms with Gasteiger partial charge in [-0.15, -0.1) is 11.8 Å². The first-order valence-corrected chi connectivity index (χ1v) is 12.8. The number of amides is 1.